The summed E-state index contributed by atoms with van der Waals surface area (Å²) in [6, 6.07) is 10.8. The Bertz CT molecular complexity index is 325. The Balaban J connectivity index is 1.46. The minimum Gasteiger partial charge on any atom is -0.317 e. The molecule has 1 nitrogen and oxygen atoms in total. The normalized spacial score (nSPS) is 23.4. The first-order valence-electron chi connectivity index (χ1n) is 8.09. The third-order valence-corrected chi connectivity index (χ3v) is 4.53. The molecule has 0 aromatic heterocycles. The predicted molar refractivity (Wildman–Crippen MR) is 83.4 cm³/mol. The maximum absolute atomic E-state index is 3.61. The monoisotopic (exact) mass is 259 g/mol. The van der Waals surface area contributed by atoms with Gasteiger partial charge in [-0.2, -0.15) is 0 Å². The molecular formula is C18H29N. The zero-order chi connectivity index (χ0) is 13.3. The lowest BCUT2D eigenvalue weighted by Gasteiger charge is -2.26. The Kier molecular flexibility index (Phi) is 6.43. The molecule has 1 aliphatic rings. The fraction of sp³-hybridized carbons (Fsp3) is 0.667. The minimum absolute atomic E-state index is 0.982. The van der Waals surface area contributed by atoms with Crippen molar-refractivity contribution in [3.8, 4) is 0 Å². The molecule has 0 radical (unpaired) electrons. The van der Waals surface area contributed by atoms with Gasteiger partial charge in [-0.1, -0.05) is 62.9 Å². The SMILES string of the molecule is CC1CCC(CCNCCCc2ccccc2)CC1. The molecule has 19 heavy (non-hydrogen) atoms. The van der Waals surface area contributed by atoms with Gasteiger partial charge in [-0.3, -0.25) is 0 Å². The quantitative estimate of drug-likeness (QED) is 0.715. The second-order valence-corrected chi connectivity index (χ2v) is 6.25. The van der Waals surface area contributed by atoms with E-state index in [2.05, 4.69) is 42.6 Å². The maximum atomic E-state index is 3.61. The molecule has 0 saturated heterocycles. The van der Waals surface area contributed by atoms with Gasteiger partial charge < -0.3 is 5.32 Å². The third-order valence-electron chi connectivity index (χ3n) is 4.53. The first kappa shape index (κ1) is 14.6. The van der Waals surface area contributed by atoms with Crippen LogP contribution in [-0.2, 0) is 6.42 Å². The maximum Gasteiger partial charge on any atom is -0.00457 e. The summed E-state index contributed by atoms with van der Waals surface area (Å²) in [5.74, 6) is 1.98. The lowest BCUT2D eigenvalue weighted by atomic mass is 9.81. The summed E-state index contributed by atoms with van der Waals surface area (Å²) >= 11 is 0. The molecule has 0 aliphatic heterocycles. The third kappa shape index (κ3) is 5.78. The van der Waals surface area contributed by atoms with Crippen LogP contribution < -0.4 is 5.32 Å². The summed E-state index contributed by atoms with van der Waals surface area (Å²) < 4.78 is 0. The Labute approximate surface area is 118 Å². The highest BCUT2D eigenvalue weighted by molar-refractivity contribution is 5.14. The number of nitrogens with one attached hydrogen (secondary N) is 1. The summed E-state index contributed by atoms with van der Waals surface area (Å²) in [4.78, 5) is 0. The first-order valence-corrected chi connectivity index (χ1v) is 8.09. The highest BCUT2D eigenvalue weighted by Gasteiger charge is 2.17. The first-order chi connectivity index (χ1) is 9.34. The Morgan fingerprint density at radius 2 is 1.74 bits per heavy atom. The van der Waals surface area contributed by atoms with Crippen molar-refractivity contribution in [1.82, 2.24) is 5.32 Å². The molecule has 0 atom stereocenters. The number of hydrogen-bond acceptors (Lipinski definition) is 1. The molecule has 0 amide bonds. The number of hydrogen-bond donors (Lipinski definition) is 1. The lowest BCUT2D eigenvalue weighted by molar-refractivity contribution is 0.275. The van der Waals surface area contributed by atoms with Gasteiger partial charge in [0.05, 0.1) is 0 Å². The van der Waals surface area contributed by atoms with Crippen molar-refractivity contribution >= 4 is 0 Å². The van der Waals surface area contributed by atoms with Crippen molar-refractivity contribution in [2.24, 2.45) is 11.8 Å². The number of benzene rings is 1. The molecule has 1 aliphatic carbocycles. The van der Waals surface area contributed by atoms with Crippen molar-refractivity contribution in [2.45, 2.75) is 51.9 Å². The fourth-order valence-corrected chi connectivity index (χ4v) is 3.11. The van der Waals surface area contributed by atoms with Crippen LogP contribution in [-0.4, -0.2) is 13.1 Å². The number of rotatable bonds is 7. The summed E-state index contributed by atoms with van der Waals surface area (Å²) in [5, 5.41) is 3.61. The van der Waals surface area contributed by atoms with Gasteiger partial charge in [0.1, 0.15) is 0 Å². The molecule has 2 rings (SSSR count). The van der Waals surface area contributed by atoms with E-state index in [-0.39, 0.29) is 0 Å². The molecule has 1 aromatic carbocycles. The van der Waals surface area contributed by atoms with E-state index in [0.29, 0.717) is 0 Å². The van der Waals surface area contributed by atoms with E-state index >= 15 is 0 Å². The predicted octanol–water partition coefficient (Wildman–Crippen LogP) is 4.43. The summed E-state index contributed by atoms with van der Waals surface area (Å²) in [6.45, 7) is 4.78. The zero-order valence-corrected chi connectivity index (χ0v) is 12.4. The van der Waals surface area contributed by atoms with E-state index in [0.717, 1.165) is 18.4 Å². The average molecular weight is 259 g/mol. The van der Waals surface area contributed by atoms with Gasteiger partial charge in [0.25, 0.3) is 0 Å². The van der Waals surface area contributed by atoms with Crippen LogP contribution in [0.15, 0.2) is 30.3 Å². The van der Waals surface area contributed by atoms with Crippen molar-refractivity contribution in [2.75, 3.05) is 13.1 Å². The van der Waals surface area contributed by atoms with Crippen LogP contribution in [0.5, 0.6) is 0 Å². The summed E-state index contributed by atoms with van der Waals surface area (Å²) in [5.41, 5.74) is 1.46. The number of aryl methyl sites for hydroxylation is 1. The minimum atomic E-state index is 0.982. The van der Waals surface area contributed by atoms with Crippen LogP contribution in [0.25, 0.3) is 0 Å². The highest BCUT2D eigenvalue weighted by atomic mass is 14.8. The van der Waals surface area contributed by atoms with Gasteiger partial charge in [-0.15, -0.1) is 0 Å². The van der Waals surface area contributed by atoms with E-state index in [1.54, 1.807) is 0 Å². The van der Waals surface area contributed by atoms with Crippen molar-refractivity contribution in [3.63, 3.8) is 0 Å². The topological polar surface area (TPSA) is 12.0 Å². The van der Waals surface area contributed by atoms with E-state index in [1.807, 2.05) is 0 Å². The Hall–Kier alpha value is -0.820. The molecular weight excluding hydrogens is 230 g/mol. The Morgan fingerprint density at radius 3 is 2.47 bits per heavy atom. The molecule has 0 spiro atoms. The standard InChI is InChI=1S/C18H29N/c1-16-9-11-18(12-10-16)13-15-19-14-5-8-17-6-3-2-4-7-17/h2-4,6-7,16,18-19H,5,8-15H2,1H3. The highest BCUT2D eigenvalue weighted by Crippen LogP contribution is 2.29. The fourth-order valence-electron chi connectivity index (χ4n) is 3.11. The second kappa shape index (κ2) is 8.37. The summed E-state index contributed by atoms with van der Waals surface area (Å²) in [7, 11) is 0. The second-order valence-electron chi connectivity index (χ2n) is 6.25. The van der Waals surface area contributed by atoms with Gasteiger partial charge in [-0.25, -0.2) is 0 Å². The Morgan fingerprint density at radius 1 is 1.00 bits per heavy atom. The van der Waals surface area contributed by atoms with Crippen LogP contribution in [0, 0.1) is 11.8 Å². The zero-order valence-electron chi connectivity index (χ0n) is 12.4. The van der Waals surface area contributed by atoms with Crippen molar-refractivity contribution < 1.29 is 0 Å². The molecule has 1 N–H and O–H groups in total. The summed E-state index contributed by atoms with van der Waals surface area (Å²) in [6.07, 6.45) is 9.69. The molecule has 1 aromatic rings. The molecule has 0 unspecified atom stereocenters. The largest absolute Gasteiger partial charge is 0.317 e. The van der Waals surface area contributed by atoms with Crippen molar-refractivity contribution in [1.29, 1.82) is 0 Å². The van der Waals surface area contributed by atoms with E-state index in [4.69, 9.17) is 0 Å². The van der Waals surface area contributed by atoms with Gasteiger partial charge in [0.15, 0.2) is 0 Å². The van der Waals surface area contributed by atoms with Gasteiger partial charge in [0.2, 0.25) is 0 Å². The van der Waals surface area contributed by atoms with Crippen LogP contribution in [0.2, 0.25) is 0 Å². The van der Waals surface area contributed by atoms with Crippen LogP contribution >= 0.6 is 0 Å². The van der Waals surface area contributed by atoms with E-state index in [9.17, 15) is 0 Å². The van der Waals surface area contributed by atoms with Crippen LogP contribution in [0.1, 0.15) is 51.0 Å². The molecule has 1 fully saturated rings. The molecule has 0 bridgehead atoms. The molecule has 106 valence electrons. The smallest absolute Gasteiger partial charge is 0.00457 e. The van der Waals surface area contributed by atoms with E-state index < -0.39 is 0 Å². The molecule has 0 heterocycles. The van der Waals surface area contributed by atoms with Gasteiger partial charge in [-0.05, 0) is 49.8 Å². The van der Waals surface area contributed by atoms with Crippen LogP contribution in [0.3, 0.4) is 0 Å². The molecule has 1 heteroatoms. The van der Waals surface area contributed by atoms with Gasteiger partial charge >= 0.3 is 0 Å². The van der Waals surface area contributed by atoms with E-state index in [1.165, 1.54) is 57.1 Å². The lowest BCUT2D eigenvalue weighted by Crippen LogP contribution is -2.22. The molecule has 1 saturated carbocycles. The average Bonchev–Trinajstić information content (AvgIpc) is 2.46. The van der Waals surface area contributed by atoms with Crippen LogP contribution in [0.4, 0.5) is 0 Å². The van der Waals surface area contributed by atoms with Gasteiger partial charge in [0, 0.05) is 0 Å². The van der Waals surface area contributed by atoms with Crippen molar-refractivity contribution in [3.05, 3.63) is 35.9 Å².